The molecule has 214 valence electrons. The highest BCUT2D eigenvalue weighted by molar-refractivity contribution is 7.92. The van der Waals surface area contributed by atoms with Gasteiger partial charge in [-0.25, -0.2) is 8.42 Å². The van der Waals surface area contributed by atoms with Gasteiger partial charge in [-0.3, -0.25) is 13.9 Å². The van der Waals surface area contributed by atoms with Crippen LogP contribution in [-0.2, 0) is 26.2 Å². The van der Waals surface area contributed by atoms with Crippen LogP contribution < -0.4 is 14.4 Å². The summed E-state index contributed by atoms with van der Waals surface area (Å²) >= 11 is 6.40. The lowest BCUT2D eigenvalue weighted by Crippen LogP contribution is -2.51. The summed E-state index contributed by atoms with van der Waals surface area (Å²) in [6.07, 6.45) is 1.70. The molecule has 0 saturated heterocycles. The first-order valence-corrected chi connectivity index (χ1v) is 14.9. The smallest absolute Gasteiger partial charge is 0.264 e. The molecule has 0 aliphatic carbocycles. The Bertz CT molecular complexity index is 1410. The summed E-state index contributed by atoms with van der Waals surface area (Å²) in [4.78, 5) is 28.4. The Labute approximate surface area is 241 Å². The maximum Gasteiger partial charge on any atom is 0.264 e. The van der Waals surface area contributed by atoms with Crippen molar-refractivity contribution in [2.75, 3.05) is 24.5 Å². The number of hydrogen-bond donors (Lipinski definition) is 1. The normalized spacial score (nSPS) is 11.9. The largest absolute Gasteiger partial charge is 0.495 e. The van der Waals surface area contributed by atoms with E-state index in [1.165, 1.54) is 24.1 Å². The lowest BCUT2D eigenvalue weighted by Gasteiger charge is -2.32. The van der Waals surface area contributed by atoms with Crippen molar-refractivity contribution >= 4 is 39.1 Å². The van der Waals surface area contributed by atoms with Crippen LogP contribution in [0.2, 0.25) is 5.02 Å². The van der Waals surface area contributed by atoms with Gasteiger partial charge < -0.3 is 15.0 Å². The van der Waals surface area contributed by atoms with Gasteiger partial charge in [0.05, 0.1) is 17.7 Å². The molecular formula is C30H36ClN3O5S. The maximum absolute atomic E-state index is 14.0. The van der Waals surface area contributed by atoms with E-state index in [1.54, 1.807) is 67.6 Å². The van der Waals surface area contributed by atoms with Crippen LogP contribution in [0.25, 0.3) is 0 Å². The minimum Gasteiger partial charge on any atom is -0.495 e. The molecule has 1 atom stereocenters. The molecule has 0 bridgehead atoms. The number of ether oxygens (including phenoxy) is 1. The van der Waals surface area contributed by atoms with E-state index in [0.717, 1.165) is 22.7 Å². The van der Waals surface area contributed by atoms with Crippen LogP contribution in [0.1, 0.15) is 37.8 Å². The third-order valence-corrected chi connectivity index (χ3v) is 8.68. The zero-order valence-electron chi connectivity index (χ0n) is 23.3. The van der Waals surface area contributed by atoms with Crippen molar-refractivity contribution < 1.29 is 22.7 Å². The van der Waals surface area contributed by atoms with Crippen molar-refractivity contribution in [2.45, 2.75) is 51.1 Å². The molecular weight excluding hydrogens is 550 g/mol. The van der Waals surface area contributed by atoms with E-state index in [9.17, 15) is 18.0 Å². The molecule has 0 aromatic heterocycles. The predicted molar refractivity (Wildman–Crippen MR) is 158 cm³/mol. The third-order valence-electron chi connectivity index (χ3n) is 6.54. The molecule has 0 unspecified atom stereocenters. The van der Waals surface area contributed by atoms with Crippen molar-refractivity contribution in [3.63, 3.8) is 0 Å². The molecule has 3 aromatic rings. The molecule has 2 amide bonds. The summed E-state index contributed by atoms with van der Waals surface area (Å²) in [5.41, 5.74) is 1.74. The van der Waals surface area contributed by atoms with Crippen LogP contribution in [0.3, 0.4) is 0 Å². The van der Waals surface area contributed by atoms with Gasteiger partial charge in [0.1, 0.15) is 18.3 Å². The highest BCUT2D eigenvalue weighted by atomic mass is 35.5. The zero-order valence-corrected chi connectivity index (χ0v) is 24.8. The number of nitrogens with zero attached hydrogens (tertiary/aromatic N) is 2. The van der Waals surface area contributed by atoms with Crippen molar-refractivity contribution in [3.05, 3.63) is 88.9 Å². The zero-order chi connectivity index (χ0) is 29.3. The lowest BCUT2D eigenvalue weighted by atomic mass is 10.1. The number of sulfonamides is 1. The summed E-state index contributed by atoms with van der Waals surface area (Å²) in [6.45, 7) is 5.43. The van der Waals surface area contributed by atoms with Gasteiger partial charge in [-0.1, -0.05) is 73.0 Å². The number of carbonyl (C=O) groups excluding carboxylic acids is 2. The number of nitrogens with one attached hydrogen (secondary N) is 1. The fourth-order valence-corrected chi connectivity index (χ4v) is 5.74. The SMILES string of the molecule is CCCCNC(=O)[C@H](C)N(Cc1ccccc1Cl)C(=O)CN(c1ccccc1OC)S(=O)(=O)c1ccc(C)cc1. The van der Waals surface area contributed by atoms with Gasteiger partial charge in [0.25, 0.3) is 10.0 Å². The van der Waals surface area contributed by atoms with Crippen LogP contribution in [-0.4, -0.2) is 51.4 Å². The fraction of sp³-hybridized carbons (Fsp3) is 0.333. The number of carbonyl (C=O) groups is 2. The van der Waals surface area contributed by atoms with E-state index in [4.69, 9.17) is 16.3 Å². The first-order valence-electron chi connectivity index (χ1n) is 13.1. The number of methoxy groups -OCH3 is 1. The van der Waals surface area contributed by atoms with Crippen LogP contribution in [0.5, 0.6) is 5.75 Å². The quantitative estimate of drug-likeness (QED) is 0.279. The van der Waals surface area contributed by atoms with E-state index in [1.807, 2.05) is 13.8 Å². The second-order valence-electron chi connectivity index (χ2n) is 9.43. The highest BCUT2D eigenvalue weighted by Gasteiger charge is 2.33. The highest BCUT2D eigenvalue weighted by Crippen LogP contribution is 2.32. The average molecular weight is 586 g/mol. The fourth-order valence-electron chi connectivity index (χ4n) is 4.12. The molecule has 10 heteroatoms. The molecule has 8 nitrogen and oxygen atoms in total. The number of amides is 2. The van der Waals surface area contributed by atoms with Gasteiger partial charge in [-0.05, 0) is 56.2 Å². The number of anilines is 1. The van der Waals surface area contributed by atoms with Gasteiger partial charge >= 0.3 is 0 Å². The van der Waals surface area contributed by atoms with E-state index >= 15 is 0 Å². The summed E-state index contributed by atoms with van der Waals surface area (Å²) in [5.74, 6) is -0.618. The number of hydrogen-bond acceptors (Lipinski definition) is 5. The average Bonchev–Trinajstić information content (AvgIpc) is 2.95. The van der Waals surface area contributed by atoms with E-state index < -0.39 is 28.5 Å². The Morgan fingerprint density at radius 2 is 1.65 bits per heavy atom. The van der Waals surface area contributed by atoms with Gasteiger partial charge in [0.15, 0.2) is 0 Å². The van der Waals surface area contributed by atoms with Crippen LogP contribution in [0.15, 0.2) is 77.7 Å². The van der Waals surface area contributed by atoms with Crippen molar-refractivity contribution in [1.82, 2.24) is 10.2 Å². The van der Waals surface area contributed by atoms with Crippen LogP contribution in [0, 0.1) is 6.92 Å². The van der Waals surface area contributed by atoms with E-state index in [-0.39, 0.29) is 28.8 Å². The van der Waals surface area contributed by atoms with Gasteiger partial charge in [-0.2, -0.15) is 0 Å². The van der Waals surface area contributed by atoms with Gasteiger partial charge in [0.2, 0.25) is 11.8 Å². The number of halogens is 1. The van der Waals surface area contributed by atoms with Crippen LogP contribution >= 0.6 is 11.6 Å². The predicted octanol–water partition coefficient (Wildman–Crippen LogP) is 5.19. The van der Waals surface area contributed by atoms with Crippen molar-refractivity contribution in [3.8, 4) is 5.75 Å². The Balaban J connectivity index is 2.05. The summed E-state index contributed by atoms with van der Waals surface area (Å²) < 4.78 is 34.4. The minimum absolute atomic E-state index is 0.0191. The first kappa shape index (κ1) is 31.0. The Kier molecular flexibility index (Phi) is 11.0. The summed E-state index contributed by atoms with van der Waals surface area (Å²) in [5, 5.41) is 3.30. The van der Waals surface area contributed by atoms with Crippen LogP contribution in [0.4, 0.5) is 5.69 Å². The summed E-state index contributed by atoms with van der Waals surface area (Å²) in [7, 11) is -2.76. The molecule has 0 radical (unpaired) electrons. The summed E-state index contributed by atoms with van der Waals surface area (Å²) in [6, 6.07) is 19.1. The number of aryl methyl sites for hydroxylation is 1. The molecule has 1 N–H and O–H groups in total. The van der Waals surface area contributed by atoms with Gasteiger partial charge in [0, 0.05) is 18.1 Å². The Morgan fingerprint density at radius 3 is 2.30 bits per heavy atom. The number of unbranched alkanes of at least 4 members (excludes halogenated alkanes) is 1. The van der Waals surface area contributed by atoms with Gasteiger partial charge in [-0.15, -0.1) is 0 Å². The molecule has 0 aliphatic heterocycles. The monoisotopic (exact) mass is 585 g/mol. The van der Waals surface area contributed by atoms with E-state index in [2.05, 4.69) is 5.32 Å². The molecule has 0 aliphatic rings. The molecule has 0 heterocycles. The molecule has 3 rings (SSSR count). The molecule has 0 spiro atoms. The topological polar surface area (TPSA) is 96.0 Å². The van der Waals surface area contributed by atoms with Crippen molar-refractivity contribution in [1.29, 1.82) is 0 Å². The standard InChI is InChI=1S/C30H36ClN3O5S/c1-5-6-19-32-30(36)23(3)33(20-24-11-7-8-12-26(24)31)29(35)21-34(27-13-9-10-14-28(27)39-4)40(37,38)25-17-15-22(2)16-18-25/h7-18,23H,5-6,19-21H2,1-4H3,(H,32,36)/t23-/m0/s1. The van der Waals surface area contributed by atoms with Crippen molar-refractivity contribution in [2.24, 2.45) is 0 Å². The Hall–Kier alpha value is -3.56. The maximum atomic E-state index is 14.0. The van der Waals surface area contributed by atoms with E-state index in [0.29, 0.717) is 17.1 Å². The molecule has 0 saturated carbocycles. The Morgan fingerprint density at radius 1 is 1.00 bits per heavy atom. The first-order chi connectivity index (χ1) is 19.1. The number of para-hydroxylation sites is 2. The second kappa shape index (κ2) is 14.2. The minimum atomic E-state index is -4.20. The number of benzene rings is 3. The number of rotatable bonds is 13. The second-order valence-corrected chi connectivity index (χ2v) is 11.7. The third kappa shape index (κ3) is 7.55. The lowest BCUT2D eigenvalue weighted by molar-refractivity contribution is -0.139. The molecule has 0 fully saturated rings. The molecule has 3 aromatic carbocycles. The molecule has 40 heavy (non-hydrogen) atoms.